The molecule has 2 heterocycles. The van der Waals surface area contributed by atoms with Crippen molar-refractivity contribution >= 4 is 11.8 Å². The van der Waals surface area contributed by atoms with Crippen LogP contribution in [0.15, 0.2) is 0 Å². The zero-order chi connectivity index (χ0) is 11.8. The van der Waals surface area contributed by atoms with Gasteiger partial charge in [0, 0.05) is 6.42 Å². The van der Waals surface area contributed by atoms with E-state index in [0.717, 1.165) is 12.8 Å². The van der Waals surface area contributed by atoms with E-state index >= 15 is 0 Å². The molecule has 0 radical (unpaired) electrons. The molecule has 5 heteroatoms. The Balaban J connectivity index is 1.83. The number of hydrogen-bond acceptors (Lipinski definition) is 3. The van der Waals surface area contributed by atoms with E-state index in [9.17, 15) is 14.7 Å². The van der Waals surface area contributed by atoms with Crippen LogP contribution in [0.2, 0.25) is 0 Å². The standard InChI is InChI=1S/C11H18N2O3/c1-2-5-11(16)6-13(7-11)10(15)8-3-4-9(14)12-8/h8,16H,2-7H2,1H3,(H,12,14)/t8-/m1/s1. The fraction of sp³-hybridized carbons (Fsp3) is 0.818. The van der Waals surface area contributed by atoms with Crippen LogP contribution < -0.4 is 5.32 Å². The molecule has 0 aromatic rings. The summed E-state index contributed by atoms with van der Waals surface area (Å²) in [4.78, 5) is 24.5. The van der Waals surface area contributed by atoms with Crippen molar-refractivity contribution < 1.29 is 14.7 Å². The summed E-state index contributed by atoms with van der Waals surface area (Å²) in [6.07, 6.45) is 2.66. The zero-order valence-corrected chi connectivity index (χ0v) is 9.53. The van der Waals surface area contributed by atoms with Gasteiger partial charge in [0.05, 0.1) is 18.7 Å². The van der Waals surface area contributed by atoms with E-state index < -0.39 is 5.60 Å². The molecule has 2 saturated heterocycles. The molecule has 0 spiro atoms. The fourth-order valence-corrected chi connectivity index (χ4v) is 2.46. The predicted molar refractivity (Wildman–Crippen MR) is 57.6 cm³/mol. The lowest BCUT2D eigenvalue weighted by Crippen LogP contribution is -2.65. The van der Waals surface area contributed by atoms with Crippen LogP contribution in [0.3, 0.4) is 0 Å². The Morgan fingerprint density at radius 3 is 2.81 bits per heavy atom. The molecule has 5 nitrogen and oxygen atoms in total. The SMILES string of the molecule is CCCC1(O)CN(C(=O)[C@H]2CCC(=O)N2)C1. The monoisotopic (exact) mass is 226 g/mol. The Morgan fingerprint density at radius 2 is 2.31 bits per heavy atom. The molecule has 2 rings (SSSR count). The molecule has 0 unspecified atom stereocenters. The van der Waals surface area contributed by atoms with Gasteiger partial charge in [0.1, 0.15) is 6.04 Å². The quantitative estimate of drug-likeness (QED) is 0.690. The maximum atomic E-state index is 11.9. The number of hydrogen-bond donors (Lipinski definition) is 2. The van der Waals surface area contributed by atoms with Gasteiger partial charge < -0.3 is 15.3 Å². The first kappa shape index (κ1) is 11.4. The van der Waals surface area contributed by atoms with E-state index in [1.54, 1.807) is 4.90 Å². The first-order valence-corrected chi connectivity index (χ1v) is 5.84. The lowest BCUT2D eigenvalue weighted by Gasteiger charge is -2.47. The second-order valence-corrected chi connectivity index (χ2v) is 4.83. The highest BCUT2D eigenvalue weighted by Crippen LogP contribution is 2.27. The summed E-state index contributed by atoms with van der Waals surface area (Å²) in [7, 11) is 0. The molecular weight excluding hydrogens is 208 g/mol. The Bertz CT molecular complexity index is 310. The molecule has 90 valence electrons. The van der Waals surface area contributed by atoms with Crippen LogP contribution in [0.25, 0.3) is 0 Å². The number of nitrogens with one attached hydrogen (secondary N) is 1. The summed E-state index contributed by atoms with van der Waals surface area (Å²) in [6.45, 7) is 2.83. The van der Waals surface area contributed by atoms with Crippen molar-refractivity contribution in [3.63, 3.8) is 0 Å². The lowest BCUT2D eigenvalue weighted by molar-refractivity contribution is -0.158. The number of rotatable bonds is 3. The van der Waals surface area contributed by atoms with Gasteiger partial charge in [0.2, 0.25) is 11.8 Å². The summed E-state index contributed by atoms with van der Waals surface area (Å²) in [5.74, 6) is -0.102. The molecule has 16 heavy (non-hydrogen) atoms. The van der Waals surface area contributed by atoms with E-state index in [0.29, 0.717) is 25.9 Å². The minimum Gasteiger partial charge on any atom is -0.386 e. The highest BCUT2D eigenvalue weighted by atomic mass is 16.3. The van der Waals surface area contributed by atoms with Crippen molar-refractivity contribution in [3.8, 4) is 0 Å². The van der Waals surface area contributed by atoms with E-state index in [1.165, 1.54) is 0 Å². The summed E-state index contributed by atoms with van der Waals surface area (Å²) >= 11 is 0. The number of amides is 2. The Hall–Kier alpha value is -1.10. The molecule has 0 aliphatic carbocycles. The molecule has 0 bridgehead atoms. The summed E-state index contributed by atoms with van der Waals surface area (Å²) < 4.78 is 0. The number of likely N-dealkylation sites (tertiary alicyclic amines) is 1. The second kappa shape index (κ2) is 4.05. The summed E-state index contributed by atoms with van der Waals surface area (Å²) in [5, 5.41) is 12.6. The number of nitrogens with zero attached hydrogens (tertiary/aromatic N) is 1. The summed E-state index contributed by atoms with van der Waals surface area (Å²) in [5.41, 5.74) is -0.687. The van der Waals surface area contributed by atoms with Gasteiger partial charge in [-0.25, -0.2) is 0 Å². The van der Waals surface area contributed by atoms with Gasteiger partial charge in [-0.3, -0.25) is 9.59 Å². The first-order chi connectivity index (χ1) is 7.54. The van der Waals surface area contributed by atoms with Crippen LogP contribution in [0.5, 0.6) is 0 Å². The first-order valence-electron chi connectivity index (χ1n) is 5.84. The average molecular weight is 226 g/mol. The normalized spacial score (nSPS) is 27.5. The Morgan fingerprint density at radius 1 is 1.62 bits per heavy atom. The lowest BCUT2D eigenvalue weighted by atomic mass is 9.88. The van der Waals surface area contributed by atoms with Crippen molar-refractivity contribution in [2.24, 2.45) is 0 Å². The van der Waals surface area contributed by atoms with Gasteiger partial charge in [0.15, 0.2) is 0 Å². The fourth-order valence-electron chi connectivity index (χ4n) is 2.46. The van der Waals surface area contributed by atoms with Crippen molar-refractivity contribution in [1.82, 2.24) is 10.2 Å². The molecule has 2 aliphatic heterocycles. The molecule has 1 atom stereocenters. The van der Waals surface area contributed by atoms with E-state index in [1.807, 2.05) is 6.92 Å². The van der Waals surface area contributed by atoms with E-state index in [-0.39, 0.29) is 17.9 Å². The molecule has 0 aromatic carbocycles. The third kappa shape index (κ3) is 2.04. The Kier molecular flexibility index (Phi) is 2.88. The number of carbonyl (C=O) groups excluding carboxylic acids is 2. The van der Waals surface area contributed by atoms with Crippen molar-refractivity contribution in [2.75, 3.05) is 13.1 Å². The highest BCUT2D eigenvalue weighted by Gasteiger charge is 2.45. The largest absolute Gasteiger partial charge is 0.386 e. The van der Waals surface area contributed by atoms with Gasteiger partial charge in [-0.1, -0.05) is 13.3 Å². The number of carbonyl (C=O) groups is 2. The Labute approximate surface area is 94.8 Å². The maximum absolute atomic E-state index is 11.9. The van der Waals surface area contributed by atoms with Crippen LogP contribution in [0, 0.1) is 0 Å². The molecule has 2 N–H and O–H groups in total. The third-order valence-electron chi connectivity index (χ3n) is 3.29. The number of aliphatic hydroxyl groups is 1. The molecular formula is C11H18N2O3. The van der Waals surface area contributed by atoms with Gasteiger partial charge in [-0.05, 0) is 12.8 Å². The van der Waals surface area contributed by atoms with E-state index in [4.69, 9.17) is 0 Å². The topological polar surface area (TPSA) is 69.6 Å². The average Bonchev–Trinajstić information content (AvgIpc) is 2.60. The minimum atomic E-state index is -0.687. The molecule has 2 aliphatic rings. The van der Waals surface area contributed by atoms with Crippen LogP contribution in [-0.4, -0.2) is 46.6 Å². The molecule has 0 saturated carbocycles. The zero-order valence-electron chi connectivity index (χ0n) is 9.53. The van der Waals surface area contributed by atoms with Gasteiger partial charge in [-0.2, -0.15) is 0 Å². The predicted octanol–water partition coefficient (Wildman–Crippen LogP) is -0.362. The van der Waals surface area contributed by atoms with Crippen molar-refractivity contribution in [1.29, 1.82) is 0 Å². The van der Waals surface area contributed by atoms with E-state index in [2.05, 4.69) is 5.32 Å². The van der Waals surface area contributed by atoms with Crippen LogP contribution in [0.1, 0.15) is 32.6 Å². The van der Waals surface area contributed by atoms with Gasteiger partial charge in [-0.15, -0.1) is 0 Å². The maximum Gasteiger partial charge on any atom is 0.245 e. The minimum absolute atomic E-state index is 0.0494. The van der Waals surface area contributed by atoms with Crippen LogP contribution in [-0.2, 0) is 9.59 Å². The van der Waals surface area contributed by atoms with Crippen LogP contribution >= 0.6 is 0 Å². The summed E-state index contributed by atoms with van der Waals surface area (Å²) in [6, 6.07) is -0.362. The van der Waals surface area contributed by atoms with Crippen molar-refractivity contribution in [3.05, 3.63) is 0 Å². The third-order valence-corrected chi connectivity index (χ3v) is 3.29. The molecule has 2 fully saturated rings. The molecule has 0 aromatic heterocycles. The second-order valence-electron chi connectivity index (χ2n) is 4.83. The molecule has 2 amide bonds. The van der Waals surface area contributed by atoms with Gasteiger partial charge >= 0.3 is 0 Å². The van der Waals surface area contributed by atoms with Crippen molar-refractivity contribution in [2.45, 2.75) is 44.2 Å². The smallest absolute Gasteiger partial charge is 0.245 e. The number of β-amino-alcohol motifs (C(OH)–C–C–N with tert-alkyl or cyclic N) is 1. The highest BCUT2D eigenvalue weighted by molar-refractivity contribution is 5.91. The van der Waals surface area contributed by atoms with Gasteiger partial charge in [0.25, 0.3) is 0 Å². The van der Waals surface area contributed by atoms with Crippen LogP contribution in [0.4, 0.5) is 0 Å².